The third-order valence-corrected chi connectivity index (χ3v) is 7.20. The van der Waals surface area contributed by atoms with Crippen molar-refractivity contribution in [2.24, 2.45) is 0 Å². The van der Waals surface area contributed by atoms with E-state index in [2.05, 4.69) is 0 Å². The van der Waals surface area contributed by atoms with Gasteiger partial charge in [0.2, 0.25) is 10.0 Å². The molecule has 0 N–H and O–H groups in total. The first-order valence-electron chi connectivity index (χ1n) is 8.24. The average Bonchev–Trinajstić information content (AvgIpc) is 2.57. The molecule has 128 valence electrons. The van der Waals surface area contributed by atoms with Crippen LogP contribution < -0.4 is 0 Å². The molecule has 1 saturated heterocycles. The van der Waals surface area contributed by atoms with Crippen LogP contribution in [-0.4, -0.2) is 24.0 Å². The van der Waals surface area contributed by atoms with E-state index in [9.17, 15) is 12.8 Å². The maximum Gasteiger partial charge on any atom is 0.217 e. The summed E-state index contributed by atoms with van der Waals surface area (Å²) in [5.74, 6) is -0.364. The van der Waals surface area contributed by atoms with Crippen LogP contribution in [0.25, 0.3) is 11.1 Å². The van der Waals surface area contributed by atoms with Gasteiger partial charge in [0, 0.05) is 18.2 Å². The smallest absolute Gasteiger partial charge is 0.212 e. The van der Waals surface area contributed by atoms with E-state index in [1.165, 1.54) is 10.4 Å². The molecule has 1 aliphatic heterocycles. The largest absolute Gasteiger partial charge is 0.217 e. The van der Waals surface area contributed by atoms with Crippen LogP contribution in [0, 0.1) is 5.82 Å². The second-order valence-corrected chi connectivity index (χ2v) is 8.80. The van der Waals surface area contributed by atoms with E-state index < -0.39 is 15.3 Å². The van der Waals surface area contributed by atoms with Crippen molar-refractivity contribution in [1.82, 2.24) is 4.31 Å². The molecule has 1 aliphatic rings. The summed E-state index contributed by atoms with van der Waals surface area (Å²) in [4.78, 5) is 0. The third-order valence-electron chi connectivity index (χ3n) is 4.80. The summed E-state index contributed by atoms with van der Waals surface area (Å²) in [6.07, 6.45) is 1.47. The summed E-state index contributed by atoms with van der Waals surface area (Å²) in [6.45, 7) is 3.71. The van der Waals surface area contributed by atoms with Crippen LogP contribution in [0.3, 0.4) is 0 Å². The fourth-order valence-electron chi connectivity index (χ4n) is 3.15. The molecule has 2 aromatic carbocycles. The Morgan fingerprint density at radius 3 is 2.42 bits per heavy atom. The maximum absolute atomic E-state index is 14.5. The summed E-state index contributed by atoms with van der Waals surface area (Å²) in [5, 5.41) is -0.402. The number of halogens is 1. The van der Waals surface area contributed by atoms with Crippen molar-refractivity contribution in [3.05, 3.63) is 59.9 Å². The summed E-state index contributed by atoms with van der Waals surface area (Å²) in [5.41, 5.74) is 2.15. The van der Waals surface area contributed by atoms with Gasteiger partial charge in [-0.25, -0.2) is 12.8 Å². The number of hydrogen-bond acceptors (Lipinski definition) is 2. The van der Waals surface area contributed by atoms with E-state index >= 15 is 0 Å². The molecule has 1 heterocycles. The molecule has 0 aliphatic carbocycles. The fraction of sp³-hybridized carbons (Fsp3) is 0.368. The highest BCUT2D eigenvalue weighted by Gasteiger charge is 2.37. The van der Waals surface area contributed by atoms with Gasteiger partial charge in [-0.2, -0.15) is 4.31 Å². The number of rotatable bonds is 3. The maximum atomic E-state index is 14.5. The molecule has 2 atom stereocenters. The lowest BCUT2D eigenvalue weighted by atomic mass is 10.0. The molecule has 0 saturated carbocycles. The van der Waals surface area contributed by atoms with Crippen molar-refractivity contribution in [3.8, 4) is 11.1 Å². The Labute approximate surface area is 143 Å². The minimum Gasteiger partial charge on any atom is -0.212 e. The SMILES string of the molecule is CC1CC[C@H](C)N(Cc2ccc(-c3ccccc3)cc2F)S1(=O)=O. The van der Waals surface area contributed by atoms with Crippen LogP contribution in [0.1, 0.15) is 32.3 Å². The minimum absolute atomic E-state index is 0.0920. The van der Waals surface area contributed by atoms with E-state index in [4.69, 9.17) is 0 Å². The predicted molar refractivity (Wildman–Crippen MR) is 94.5 cm³/mol. The van der Waals surface area contributed by atoms with Crippen LogP contribution in [0.15, 0.2) is 48.5 Å². The monoisotopic (exact) mass is 347 g/mol. The molecule has 24 heavy (non-hydrogen) atoms. The minimum atomic E-state index is -3.36. The number of nitrogens with zero attached hydrogens (tertiary/aromatic N) is 1. The van der Waals surface area contributed by atoms with Crippen molar-refractivity contribution in [1.29, 1.82) is 0 Å². The zero-order chi connectivity index (χ0) is 17.3. The first-order valence-corrected chi connectivity index (χ1v) is 9.74. The molecule has 0 amide bonds. The fourth-order valence-corrected chi connectivity index (χ4v) is 4.97. The van der Waals surface area contributed by atoms with Gasteiger partial charge in [0.05, 0.1) is 5.25 Å². The normalized spacial score (nSPS) is 24.0. The Morgan fingerprint density at radius 2 is 1.75 bits per heavy atom. The van der Waals surface area contributed by atoms with Crippen LogP contribution in [-0.2, 0) is 16.6 Å². The van der Waals surface area contributed by atoms with Gasteiger partial charge in [-0.3, -0.25) is 0 Å². The second kappa shape index (κ2) is 6.65. The van der Waals surface area contributed by atoms with Crippen LogP contribution >= 0.6 is 0 Å². The zero-order valence-corrected chi connectivity index (χ0v) is 14.8. The highest BCUT2D eigenvalue weighted by molar-refractivity contribution is 7.89. The van der Waals surface area contributed by atoms with Gasteiger partial charge in [0.25, 0.3) is 0 Å². The predicted octanol–water partition coefficient (Wildman–Crippen LogP) is 4.20. The number of benzene rings is 2. The summed E-state index contributed by atoms with van der Waals surface area (Å²) < 4.78 is 41.1. The van der Waals surface area contributed by atoms with E-state index in [0.717, 1.165) is 17.5 Å². The molecule has 0 radical (unpaired) electrons. The van der Waals surface area contributed by atoms with Crippen molar-refractivity contribution in [2.45, 2.75) is 44.5 Å². The average molecular weight is 347 g/mol. The summed E-state index contributed by atoms with van der Waals surface area (Å²) in [6, 6.07) is 14.5. The van der Waals surface area contributed by atoms with Gasteiger partial charge in [-0.15, -0.1) is 0 Å². The van der Waals surface area contributed by atoms with Gasteiger partial charge < -0.3 is 0 Å². The molecule has 0 bridgehead atoms. The Kier molecular flexibility index (Phi) is 4.74. The quantitative estimate of drug-likeness (QED) is 0.835. The van der Waals surface area contributed by atoms with Crippen LogP contribution in [0.5, 0.6) is 0 Å². The van der Waals surface area contributed by atoms with Crippen molar-refractivity contribution < 1.29 is 12.8 Å². The molecule has 0 aromatic heterocycles. The van der Waals surface area contributed by atoms with Crippen molar-refractivity contribution in [2.75, 3.05) is 0 Å². The van der Waals surface area contributed by atoms with Crippen molar-refractivity contribution >= 4 is 10.0 Å². The lowest BCUT2D eigenvalue weighted by molar-refractivity contribution is 0.281. The van der Waals surface area contributed by atoms with E-state index in [1.54, 1.807) is 13.0 Å². The number of hydrogen-bond donors (Lipinski definition) is 0. The van der Waals surface area contributed by atoms with Crippen LogP contribution in [0.2, 0.25) is 0 Å². The van der Waals surface area contributed by atoms with Gasteiger partial charge >= 0.3 is 0 Å². The Morgan fingerprint density at radius 1 is 1.04 bits per heavy atom. The molecule has 5 heteroatoms. The summed E-state index contributed by atoms with van der Waals surface area (Å²) >= 11 is 0. The molecule has 3 nitrogen and oxygen atoms in total. The Bertz CT molecular complexity index is 821. The molecule has 1 fully saturated rings. The highest BCUT2D eigenvalue weighted by Crippen LogP contribution is 2.29. The Hall–Kier alpha value is -1.72. The van der Waals surface area contributed by atoms with Gasteiger partial charge in [-0.05, 0) is 43.9 Å². The molecule has 0 spiro atoms. The van der Waals surface area contributed by atoms with E-state index in [-0.39, 0.29) is 18.4 Å². The Balaban J connectivity index is 1.88. The van der Waals surface area contributed by atoms with Gasteiger partial charge in [0.1, 0.15) is 5.82 Å². The summed E-state index contributed by atoms with van der Waals surface area (Å²) in [7, 11) is -3.36. The lowest BCUT2D eigenvalue weighted by Crippen LogP contribution is -2.47. The standard InChI is InChI=1S/C19H22FNO2S/c1-14-8-9-15(2)24(22,23)21(14)13-18-11-10-17(12-19(18)20)16-6-4-3-5-7-16/h3-7,10-12,14-15H,8-9,13H2,1-2H3/t14-,15?/m0/s1. The van der Waals surface area contributed by atoms with E-state index in [0.29, 0.717) is 12.0 Å². The third kappa shape index (κ3) is 3.23. The number of sulfonamides is 1. The first-order chi connectivity index (χ1) is 11.4. The molecule has 2 aromatic rings. The molecular formula is C19H22FNO2S. The molecular weight excluding hydrogens is 325 g/mol. The van der Waals surface area contributed by atoms with Crippen LogP contribution in [0.4, 0.5) is 4.39 Å². The second-order valence-electron chi connectivity index (χ2n) is 6.50. The van der Waals surface area contributed by atoms with Gasteiger partial charge in [0.15, 0.2) is 0 Å². The van der Waals surface area contributed by atoms with E-state index in [1.807, 2.05) is 43.3 Å². The van der Waals surface area contributed by atoms with Gasteiger partial charge in [-0.1, -0.05) is 42.5 Å². The lowest BCUT2D eigenvalue weighted by Gasteiger charge is -2.36. The highest BCUT2D eigenvalue weighted by atomic mass is 32.2. The first kappa shape index (κ1) is 17.1. The molecule has 3 rings (SSSR count). The zero-order valence-electron chi connectivity index (χ0n) is 13.9. The topological polar surface area (TPSA) is 37.4 Å². The molecule has 1 unspecified atom stereocenters. The van der Waals surface area contributed by atoms with Crippen molar-refractivity contribution in [3.63, 3.8) is 0 Å².